The van der Waals surface area contributed by atoms with Gasteiger partial charge in [0, 0.05) is 37.4 Å². The lowest BCUT2D eigenvalue weighted by molar-refractivity contribution is 0.0995. The summed E-state index contributed by atoms with van der Waals surface area (Å²) in [6.45, 7) is 1.43. The summed E-state index contributed by atoms with van der Waals surface area (Å²) in [4.78, 5) is 29.4. The smallest absolute Gasteiger partial charge is 0.283 e. The number of nitrogens with two attached hydrogens (primary N) is 2. The van der Waals surface area contributed by atoms with Gasteiger partial charge in [0.2, 0.25) is 11.6 Å². The summed E-state index contributed by atoms with van der Waals surface area (Å²) in [7, 11) is 1.50. The van der Waals surface area contributed by atoms with E-state index in [1.807, 2.05) is 41.0 Å². The van der Waals surface area contributed by atoms with Crippen molar-refractivity contribution in [2.24, 2.45) is 10.7 Å². The number of nitrogen functional groups attached to an aromatic ring is 1. The summed E-state index contributed by atoms with van der Waals surface area (Å²) in [6, 6.07) is 13.1. The number of nitrogens with one attached hydrogen (secondary N) is 2. The van der Waals surface area contributed by atoms with Crippen molar-refractivity contribution in [3.05, 3.63) is 71.6 Å². The van der Waals surface area contributed by atoms with E-state index in [1.165, 1.54) is 19.5 Å². The molecule has 0 saturated heterocycles. The molecule has 202 valence electrons. The summed E-state index contributed by atoms with van der Waals surface area (Å²) in [5.74, 6) is 0.997. The van der Waals surface area contributed by atoms with Crippen LogP contribution < -0.4 is 37.2 Å². The first-order chi connectivity index (χ1) is 18.9. The highest BCUT2D eigenvalue weighted by Gasteiger charge is 2.21. The van der Waals surface area contributed by atoms with Crippen LogP contribution in [-0.4, -0.2) is 63.4 Å². The zero-order valence-electron chi connectivity index (χ0n) is 21.2. The molecule has 0 bridgehead atoms. The Bertz CT molecular complexity index is 1540. The van der Waals surface area contributed by atoms with Crippen LogP contribution in [0.1, 0.15) is 22.1 Å². The Morgan fingerprint density at radius 3 is 2.74 bits per heavy atom. The van der Waals surface area contributed by atoms with Gasteiger partial charge in [0.25, 0.3) is 5.91 Å². The molecule has 1 amide bonds. The molecule has 3 heterocycles. The van der Waals surface area contributed by atoms with Crippen molar-refractivity contribution >= 4 is 28.6 Å². The van der Waals surface area contributed by atoms with Crippen LogP contribution >= 0.6 is 0 Å². The van der Waals surface area contributed by atoms with Crippen LogP contribution in [0.4, 0.5) is 11.8 Å². The quantitative estimate of drug-likeness (QED) is 0.190. The number of rotatable bonds is 9. The third kappa shape index (κ3) is 5.65. The molecule has 4 aromatic rings. The maximum Gasteiger partial charge on any atom is 0.283 e. The van der Waals surface area contributed by atoms with Crippen molar-refractivity contribution in [1.82, 2.24) is 24.8 Å². The number of fused-ring (bicyclic) bond motifs is 3. The average Bonchev–Trinajstić information content (AvgIpc) is 3.46. The molecule has 5 rings (SSSR count). The Morgan fingerprint density at radius 2 is 2.00 bits per heavy atom. The van der Waals surface area contributed by atoms with E-state index >= 15 is 0 Å². The van der Waals surface area contributed by atoms with Crippen molar-refractivity contribution in [1.29, 1.82) is 0 Å². The molecule has 13 heteroatoms. The molecule has 2 aromatic carbocycles. The molecule has 0 radical (unpaired) electrons. The Balaban J connectivity index is 1.39. The number of benzene rings is 2. The molecule has 0 spiro atoms. The van der Waals surface area contributed by atoms with Crippen LogP contribution in [0.5, 0.6) is 11.5 Å². The minimum absolute atomic E-state index is 0.0127. The molecule has 0 unspecified atom stereocenters. The number of aliphatic hydroxyl groups excluding tert-OH is 1. The Hall–Kier alpha value is -4.59. The second-order valence-corrected chi connectivity index (χ2v) is 8.84. The van der Waals surface area contributed by atoms with Gasteiger partial charge in [-0.3, -0.25) is 14.7 Å². The van der Waals surface area contributed by atoms with E-state index in [0.29, 0.717) is 30.1 Å². The van der Waals surface area contributed by atoms with E-state index in [9.17, 15) is 9.90 Å². The number of hydrogen-bond acceptors (Lipinski definition) is 11. The fourth-order valence-electron chi connectivity index (χ4n) is 4.24. The second-order valence-electron chi connectivity index (χ2n) is 8.84. The molecule has 0 aliphatic carbocycles. The average molecular weight is 532 g/mol. The maximum atomic E-state index is 12.8. The minimum Gasteiger partial charge on any atom is -0.491 e. The lowest BCUT2D eigenvalue weighted by Crippen LogP contribution is -2.37. The molecule has 0 fully saturated rings. The number of carbonyl (C=O) groups is 1. The lowest BCUT2D eigenvalue weighted by atomic mass is 10.2. The van der Waals surface area contributed by atoms with Crippen molar-refractivity contribution in [3.63, 3.8) is 0 Å². The van der Waals surface area contributed by atoms with Gasteiger partial charge in [-0.2, -0.15) is 4.99 Å². The van der Waals surface area contributed by atoms with Gasteiger partial charge in [-0.1, -0.05) is 30.3 Å². The molecule has 39 heavy (non-hydrogen) atoms. The first-order valence-electron chi connectivity index (χ1n) is 12.3. The Labute approximate surface area is 223 Å². The van der Waals surface area contributed by atoms with E-state index in [0.717, 1.165) is 16.8 Å². The SMILES string of the molecule is COc1c(OC[C@H](O)CN[C@@H](N)c2ccccc2)ccc2c3n(c(=NC(=O)c4cnc(N)nc4)nc12)CCN3. The lowest BCUT2D eigenvalue weighted by Gasteiger charge is -2.19. The van der Waals surface area contributed by atoms with E-state index in [4.69, 9.17) is 20.9 Å². The molecule has 2 atom stereocenters. The van der Waals surface area contributed by atoms with Crippen LogP contribution in [0.15, 0.2) is 59.9 Å². The fourth-order valence-corrected chi connectivity index (χ4v) is 4.24. The van der Waals surface area contributed by atoms with Gasteiger partial charge in [-0.05, 0) is 17.7 Å². The number of aromatic nitrogens is 4. The molecular formula is C26H29N9O4. The normalized spacial score (nSPS) is 14.5. The first-order valence-corrected chi connectivity index (χ1v) is 12.3. The van der Waals surface area contributed by atoms with Crippen molar-refractivity contribution in [2.45, 2.75) is 18.8 Å². The van der Waals surface area contributed by atoms with E-state index in [-0.39, 0.29) is 30.3 Å². The Kier molecular flexibility index (Phi) is 7.63. The number of ether oxygens (including phenoxy) is 2. The number of hydrogen-bond donors (Lipinski definition) is 5. The molecule has 2 aromatic heterocycles. The van der Waals surface area contributed by atoms with Crippen LogP contribution in [-0.2, 0) is 6.54 Å². The van der Waals surface area contributed by atoms with Gasteiger partial charge in [-0.15, -0.1) is 0 Å². The highest BCUT2D eigenvalue weighted by Crippen LogP contribution is 2.37. The topological polar surface area (TPSA) is 188 Å². The summed E-state index contributed by atoms with van der Waals surface area (Å²) < 4.78 is 13.4. The molecule has 7 N–H and O–H groups in total. The number of amides is 1. The van der Waals surface area contributed by atoms with Crippen LogP contribution in [0.2, 0.25) is 0 Å². The predicted octanol–water partition coefficient (Wildman–Crippen LogP) is 0.571. The number of methoxy groups -OCH3 is 1. The number of carbonyl (C=O) groups excluding carboxylic acids is 1. The van der Waals surface area contributed by atoms with Crippen LogP contribution in [0.25, 0.3) is 10.9 Å². The summed E-state index contributed by atoms with van der Waals surface area (Å²) in [5, 5.41) is 17.7. The highest BCUT2D eigenvalue weighted by molar-refractivity contribution is 5.96. The minimum atomic E-state index is -0.837. The summed E-state index contributed by atoms with van der Waals surface area (Å²) in [5.41, 5.74) is 13.4. The fraction of sp³-hybridized carbons (Fsp3) is 0.269. The zero-order chi connectivity index (χ0) is 27.4. The van der Waals surface area contributed by atoms with E-state index in [1.54, 1.807) is 6.07 Å². The standard InChI is InChI=1S/C26H29N9O4/c1-38-21-19(39-14-17(36)13-30-22(27)15-5-3-2-4-6-15)8-7-18-20(21)33-26(35-10-9-29-23(18)35)34-24(37)16-11-31-25(28)32-12-16/h2-8,11-12,17,22,29-30,36H,9-10,13-14,27H2,1H3,(H2,28,31,32)/t17-,22-/m1/s1. The molecule has 0 saturated carbocycles. The molecule has 1 aliphatic rings. The third-order valence-corrected chi connectivity index (χ3v) is 6.19. The van der Waals surface area contributed by atoms with Crippen molar-refractivity contribution in [2.75, 3.05) is 37.9 Å². The summed E-state index contributed by atoms with van der Waals surface area (Å²) in [6.07, 6.45) is 1.38. The van der Waals surface area contributed by atoms with Crippen LogP contribution in [0, 0.1) is 0 Å². The van der Waals surface area contributed by atoms with Crippen LogP contribution in [0.3, 0.4) is 0 Å². The largest absolute Gasteiger partial charge is 0.491 e. The highest BCUT2D eigenvalue weighted by atomic mass is 16.5. The maximum absolute atomic E-state index is 12.8. The van der Waals surface area contributed by atoms with Gasteiger partial charge < -0.3 is 31.4 Å². The van der Waals surface area contributed by atoms with Crippen molar-refractivity contribution in [3.8, 4) is 11.5 Å². The first kappa shape index (κ1) is 26.0. The molecular weight excluding hydrogens is 502 g/mol. The van der Waals surface area contributed by atoms with Gasteiger partial charge >= 0.3 is 0 Å². The predicted molar refractivity (Wildman–Crippen MR) is 144 cm³/mol. The van der Waals surface area contributed by atoms with Gasteiger partial charge in [0.1, 0.15) is 24.0 Å². The number of nitrogens with zero attached hydrogens (tertiary/aromatic N) is 5. The third-order valence-electron chi connectivity index (χ3n) is 6.19. The second kappa shape index (κ2) is 11.4. The van der Waals surface area contributed by atoms with Gasteiger partial charge in [0.15, 0.2) is 11.5 Å². The van der Waals surface area contributed by atoms with Gasteiger partial charge in [0.05, 0.1) is 18.8 Å². The molecule has 13 nitrogen and oxygen atoms in total. The Morgan fingerprint density at radius 1 is 1.23 bits per heavy atom. The van der Waals surface area contributed by atoms with E-state index in [2.05, 4.69) is 30.6 Å². The number of aliphatic hydroxyl groups is 1. The number of anilines is 2. The summed E-state index contributed by atoms with van der Waals surface area (Å²) >= 11 is 0. The zero-order valence-corrected chi connectivity index (χ0v) is 21.2. The monoisotopic (exact) mass is 531 g/mol. The van der Waals surface area contributed by atoms with E-state index < -0.39 is 18.2 Å². The van der Waals surface area contributed by atoms with Gasteiger partial charge in [-0.25, -0.2) is 15.0 Å². The van der Waals surface area contributed by atoms with Crippen molar-refractivity contribution < 1.29 is 19.4 Å². The molecule has 1 aliphatic heterocycles.